The molecule has 0 aliphatic carbocycles. The molecule has 0 bridgehead atoms. The van der Waals surface area contributed by atoms with Crippen molar-refractivity contribution in [3.8, 4) is 0 Å². The Kier molecular flexibility index (Phi) is 5.23. The molecule has 1 aromatic carbocycles. The fraction of sp³-hybridized carbons (Fsp3) is 0.625. The molecule has 1 fully saturated rings. The van der Waals surface area contributed by atoms with Gasteiger partial charge in [0.1, 0.15) is 0 Å². The van der Waals surface area contributed by atoms with Gasteiger partial charge in [0.15, 0.2) is 0 Å². The number of anilines is 1. The molecule has 2 rings (SSSR count). The zero-order valence-electron chi connectivity index (χ0n) is 12.5. The standard InChI is InChI=1S/C16H27N3/c1-14(12-17-15-8-5-4-6-9-15)19-11-7-10-16(13-19)18(2)3/h4-6,8-9,14,16-17H,7,10-13H2,1-3H3. The van der Waals surface area contributed by atoms with Gasteiger partial charge in [-0.2, -0.15) is 0 Å². The summed E-state index contributed by atoms with van der Waals surface area (Å²) in [5.74, 6) is 0. The van der Waals surface area contributed by atoms with E-state index in [0.29, 0.717) is 12.1 Å². The molecule has 1 aliphatic rings. The second kappa shape index (κ2) is 6.92. The fourth-order valence-electron chi connectivity index (χ4n) is 2.76. The first-order valence-electron chi connectivity index (χ1n) is 7.36. The number of likely N-dealkylation sites (tertiary alicyclic amines) is 1. The van der Waals surface area contributed by atoms with E-state index >= 15 is 0 Å². The molecule has 0 aromatic heterocycles. The molecular weight excluding hydrogens is 234 g/mol. The van der Waals surface area contributed by atoms with Gasteiger partial charge in [-0.05, 0) is 52.5 Å². The molecular formula is C16H27N3. The Morgan fingerprint density at radius 2 is 2.05 bits per heavy atom. The molecule has 0 radical (unpaired) electrons. The van der Waals surface area contributed by atoms with Gasteiger partial charge in [-0.25, -0.2) is 0 Å². The monoisotopic (exact) mass is 261 g/mol. The lowest BCUT2D eigenvalue weighted by atomic mass is 10.0. The summed E-state index contributed by atoms with van der Waals surface area (Å²) in [6, 6.07) is 11.8. The Balaban J connectivity index is 1.81. The summed E-state index contributed by atoms with van der Waals surface area (Å²) in [5, 5.41) is 3.53. The number of hydrogen-bond acceptors (Lipinski definition) is 3. The van der Waals surface area contributed by atoms with Gasteiger partial charge in [0.25, 0.3) is 0 Å². The maximum absolute atomic E-state index is 3.53. The van der Waals surface area contributed by atoms with E-state index in [1.807, 2.05) is 0 Å². The highest BCUT2D eigenvalue weighted by molar-refractivity contribution is 5.42. The number of hydrogen-bond donors (Lipinski definition) is 1. The topological polar surface area (TPSA) is 18.5 Å². The molecule has 2 unspecified atom stereocenters. The number of para-hydroxylation sites is 1. The van der Waals surface area contributed by atoms with Crippen molar-refractivity contribution in [1.82, 2.24) is 9.80 Å². The predicted octanol–water partition coefficient (Wildman–Crippen LogP) is 2.51. The Morgan fingerprint density at radius 1 is 1.32 bits per heavy atom. The summed E-state index contributed by atoms with van der Waals surface area (Å²) in [6.07, 6.45) is 2.65. The SMILES string of the molecule is CC(CNc1ccccc1)N1CCCC(N(C)C)C1. The van der Waals surface area contributed by atoms with Crippen LogP contribution in [0.15, 0.2) is 30.3 Å². The third-order valence-electron chi connectivity index (χ3n) is 4.16. The van der Waals surface area contributed by atoms with Crippen LogP contribution in [-0.2, 0) is 0 Å². The minimum absolute atomic E-state index is 0.586. The summed E-state index contributed by atoms with van der Waals surface area (Å²) in [5.41, 5.74) is 1.22. The number of likely N-dealkylation sites (N-methyl/N-ethyl adjacent to an activating group) is 1. The van der Waals surface area contributed by atoms with Crippen molar-refractivity contribution >= 4 is 5.69 Å². The molecule has 3 heteroatoms. The van der Waals surface area contributed by atoms with Crippen LogP contribution in [0.3, 0.4) is 0 Å². The molecule has 0 saturated carbocycles. The van der Waals surface area contributed by atoms with Crippen LogP contribution in [-0.4, -0.2) is 55.6 Å². The Labute approximate surface area is 117 Å². The van der Waals surface area contributed by atoms with E-state index in [1.165, 1.54) is 31.6 Å². The van der Waals surface area contributed by atoms with Gasteiger partial charge in [0.05, 0.1) is 0 Å². The number of benzene rings is 1. The maximum atomic E-state index is 3.53. The summed E-state index contributed by atoms with van der Waals surface area (Å²) in [4.78, 5) is 4.98. The Morgan fingerprint density at radius 3 is 2.74 bits per heavy atom. The lowest BCUT2D eigenvalue weighted by Gasteiger charge is -2.39. The molecule has 0 amide bonds. The van der Waals surface area contributed by atoms with Gasteiger partial charge in [0.2, 0.25) is 0 Å². The second-order valence-corrected chi connectivity index (χ2v) is 5.85. The smallest absolute Gasteiger partial charge is 0.0340 e. The Bertz CT molecular complexity index is 364. The Hall–Kier alpha value is -1.06. The molecule has 1 saturated heterocycles. The first kappa shape index (κ1) is 14.4. The van der Waals surface area contributed by atoms with Crippen molar-refractivity contribution < 1.29 is 0 Å². The van der Waals surface area contributed by atoms with Crippen molar-refractivity contribution in [2.24, 2.45) is 0 Å². The average Bonchev–Trinajstić information content (AvgIpc) is 2.46. The summed E-state index contributed by atoms with van der Waals surface area (Å²) in [6.45, 7) is 5.78. The van der Waals surface area contributed by atoms with E-state index in [4.69, 9.17) is 0 Å². The van der Waals surface area contributed by atoms with Crippen molar-refractivity contribution in [2.45, 2.75) is 31.8 Å². The van der Waals surface area contributed by atoms with Crippen LogP contribution >= 0.6 is 0 Å². The van der Waals surface area contributed by atoms with Crippen molar-refractivity contribution in [1.29, 1.82) is 0 Å². The highest BCUT2D eigenvalue weighted by atomic mass is 15.2. The molecule has 1 heterocycles. The van der Waals surface area contributed by atoms with Gasteiger partial charge in [0, 0.05) is 30.9 Å². The first-order valence-corrected chi connectivity index (χ1v) is 7.36. The number of nitrogens with zero attached hydrogens (tertiary/aromatic N) is 2. The van der Waals surface area contributed by atoms with Crippen molar-refractivity contribution in [2.75, 3.05) is 39.0 Å². The van der Waals surface area contributed by atoms with Crippen LogP contribution in [0.2, 0.25) is 0 Å². The fourth-order valence-corrected chi connectivity index (χ4v) is 2.76. The van der Waals surface area contributed by atoms with Gasteiger partial charge in [-0.3, -0.25) is 4.90 Å². The molecule has 0 spiro atoms. The highest BCUT2D eigenvalue weighted by Crippen LogP contribution is 2.16. The maximum Gasteiger partial charge on any atom is 0.0340 e. The molecule has 2 atom stereocenters. The summed E-state index contributed by atoms with van der Waals surface area (Å²) < 4.78 is 0. The van der Waals surface area contributed by atoms with Crippen LogP contribution < -0.4 is 5.32 Å². The zero-order chi connectivity index (χ0) is 13.7. The van der Waals surface area contributed by atoms with Crippen LogP contribution in [0.5, 0.6) is 0 Å². The number of piperidine rings is 1. The first-order chi connectivity index (χ1) is 9.16. The van der Waals surface area contributed by atoms with Gasteiger partial charge < -0.3 is 10.2 Å². The summed E-state index contributed by atoms with van der Waals surface area (Å²) in [7, 11) is 4.39. The quantitative estimate of drug-likeness (QED) is 0.878. The molecule has 3 nitrogen and oxygen atoms in total. The normalized spacial score (nSPS) is 22.4. The second-order valence-electron chi connectivity index (χ2n) is 5.85. The molecule has 1 N–H and O–H groups in total. The van der Waals surface area contributed by atoms with E-state index in [9.17, 15) is 0 Å². The number of nitrogens with one attached hydrogen (secondary N) is 1. The lowest BCUT2D eigenvalue weighted by Crippen LogP contribution is -2.50. The largest absolute Gasteiger partial charge is 0.383 e. The van der Waals surface area contributed by atoms with E-state index in [0.717, 1.165) is 6.54 Å². The third-order valence-corrected chi connectivity index (χ3v) is 4.16. The minimum atomic E-state index is 0.586. The zero-order valence-corrected chi connectivity index (χ0v) is 12.5. The van der Waals surface area contributed by atoms with Gasteiger partial charge in [-0.1, -0.05) is 18.2 Å². The van der Waals surface area contributed by atoms with Gasteiger partial charge in [-0.15, -0.1) is 0 Å². The molecule has 19 heavy (non-hydrogen) atoms. The van der Waals surface area contributed by atoms with Gasteiger partial charge >= 0.3 is 0 Å². The van der Waals surface area contributed by atoms with Crippen molar-refractivity contribution in [3.05, 3.63) is 30.3 Å². The van der Waals surface area contributed by atoms with E-state index in [-0.39, 0.29) is 0 Å². The van der Waals surface area contributed by atoms with Crippen LogP contribution in [0, 0.1) is 0 Å². The number of rotatable bonds is 5. The minimum Gasteiger partial charge on any atom is -0.383 e. The van der Waals surface area contributed by atoms with E-state index < -0.39 is 0 Å². The highest BCUT2D eigenvalue weighted by Gasteiger charge is 2.24. The summed E-state index contributed by atoms with van der Waals surface area (Å²) >= 11 is 0. The average molecular weight is 261 g/mol. The molecule has 106 valence electrons. The van der Waals surface area contributed by atoms with Crippen LogP contribution in [0.25, 0.3) is 0 Å². The molecule has 1 aliphatic heterocycles. The molecule has 1 aromatic rings. The van der Waals surface area contributed by atoms with Crippen molar-refractivity contribution in [3.63, 3.8) is 0 Å². The third kappa shape index (κ3) is 4.22. The predicted molar refractivity (Wildman–Crippen MR) is 82.7 cm³/mol. The van der Waals surface area contributed by atoms with E-state index in [1.54, 1.807) is 0 Å². The van der Waals surface area contributed by atoms with E-state index in [2.05, 4.69) is 66.5 Å². The van der Waals surface area contributed by atoms with Crippen LogP contribution in [0.4, 0.5) is 5.69 Å². The lowest BCUT2D eigenvalue weighted by molar-refractivity contribution is 0.107. The van der Waals surface area contributed by atoms with Crippen LogP contribution in [0.1, 0.15) is 19.8 Å².